The van der Waals surface area contributed by atoms with Gasteiger partial charge in [0, 0.05) is 0 Å². The molecule has 15 heavy (non-hydrogen) atoms. The van der Waals surface area contributed by atoms with Crippen molar-refractivity contribution < 1.29 is 4.79 Å². The summed E-state index contributed by atoms with van der Waals surface area (Å²) in [5.41, 5.74) is 0. The molecule has 0 saturated heterocycles. The monoisotopic (exact) mass is 242 g/mol. The second kappa shape index (κ2) is 5.74. The zero-order valence-corrected chi connectivity index (χ0v) is 9.86. The van der Waals surface area contributed by atoms with Crippen LogP contribution < -0.4 is 5.32 Å². The van der Waals surface area contributed by atoms with Gasteiger partial charge in [-0.1, -0.05) is 24.9 Å². The average molecular weight is 243 g/mol. The molecule has 1 atom stereocenters. The van der Waals surface area contributed by atoms with Crippen LogP contribution in [0.1, 0.15) is 29.4 Å². The van der Waals surface area contributed by atoms with Crippen molar-refractivity contribution in [1.82, 2.24) is 5.32 Å². The van der Waals surface area contributed by atoms with Gasteiger partial charge in [-0.15, -0.1) is 11.3 Å². The summed E-state index contributed by atoms with van der Waals surface area (Å²) < 4.78 is 0. The molecule has 0 aliphatic heterocycles. The lowest BCUT2D eigenvalue weighted by molar-refractivity contribution is 0.0948. The normalized spacial score (nSPS) is 11.8. The number of hydrogen-bond donors (Lipinski definition) is 1. The lowest BCUT2D eigenvalue weighted by atomic mass is 10.2. The van der Waals surface area contributed by atoms with E-state index < -0.39 is 6.04 Å². The van der Waals surface area contributed by atoms with E-state index in [0.29, 0.717) is 16.3 Å². The van der Waals surface area contributed by atoms with Crippen molar-refractivity contribution in [1.29, 1.82) is 5.26 Å². The summed E-state index contributed by atoms with van der Waals surface area (Å²) in [5, 5.41) is 13.6. The maximum Gasteiger partial charge on any atom is 0.263 e. The summed E-state index contributed by atoms with van der Waals surface area (Å²) in [4.78, 5) is 12.1. The Morgan fingerprint density at radius 1 is 1.80 bits per heavy atom. The summed E-state index contributed by atoms with van der Waals surface area (Å²) >= 11 is 7.08. The van der Waals surface area contributed by atoms with Crippen LogP contribution in [0.3, 0.4) is 0 Å². The quantitative estimate of drug-likeness (QED) is 0.883. The molecule has 0 saturated carbocycles. The molecular formula is C10H11ClN2OS. The number of nitrogens with one attached hydrogen (secondary N) is 1. The van der Waals surface area contributed by atoms with E-state index in [-0.39, 0.29) is 5.91 Å². The van der Waals surface area contributed by atoms with Crippen molar-refractivity contribution in [2.75, 3.05) is 0 Å². The highest BCUT2D eigenvalue weighted by molar-refractivity contribution is 7.12. The van der Waals surface area contributed by atoms with E-state index in [1.54, 1.807) is 11.4 Å². The molecule has 80 valence electrons. The molecule has 1 aromatic heterocycles. The van der Waals surface area contributed by atoms with Crippen molar-refractivity contribution in [2.45, 2.75) is 25.8 Å². The fourth-order valence-electron chi connectivity index (χ4n) is 1.14. The number of thiophene rings is 1. The standard InChI is InChI=1S/C10H11ClN2OS/c1-2-3-7(6-12)13-10(14)9-8(11)4-5-15-9/h4-5,7H,2-3H2,1H3,(H,13,14). The molecular weight excluding hydrogens is 232 g/mol. The molecule has 1 unspecified atom stereocenters. The molecule has 0 fully saturated rings. The molecule has 0 bridgehead atoms. The third-order valence-electron chi connectivity index (χ3n) is 1.86. The van der Waals surface area contributed by atoms with E-state index in [4.69, 9.17) is 16.9 Å². The van der Waals surface area contributed by atoms with Crippen molar-refractivity contribution in [3.63, 3.8) is 0 Å². The third-order valence-corrected chi connectivity index (χ3v) is 3.20. The van der Waals surface area contributed by atoms with E-state index in [0.717, 1.165) is 6.42 Å². The molecule has 0 radical (unpaired) electrons. The third kappa shape index (κ3) is 3.22. The molecule has 5 heteroatoms. The smallest absolute Gasteiger partial charge is 0.263 e. The molecule has 0 aliphatic rings. The Balaban J connectivity index is 2.64. The van der Waals surface area contributed by atoms with Gasteiger partial charge in [0.05, 0.1) is 11.1 Å². The van der Waals surface area contributed by atoms with Crippen LogP contribution in [-0.2, 0) is 0 Å². The van der Waals surface area contributed by atoms with Crippen LogP contribution in [0.25, 0.3) is 0 Å². The van der Waals surface area contributed by atoms with Gasteiger partial charge in [-0.05, 0) is 17.9 Å². The minimum atomic E-state index is -0.430. The first-order valence-corrected chi connectivity index (χ1v) is 5.88. The number of rotatable bonds is 4. The fraction of sp³-hybridized carbons (Fsp3) is 0.400. The zero-order chi connectivity index (χ0) is 11.3. The molecule has 1 rings (SSSR count). The van der Waals surface area contributed by atoms with Crippen LogP contribution in [-0.4, -0.2) is 11.9 Å². The van der Waals surface area contributed by atoms with Crippen LogP contribution in [0.15, 0.2) is 11.4 Å². The SMILES string of the molecule is CCCC(C#N)NC(=O)c1sccc1Cl. The molecule has 0 aromatic carbocycles. The highest BCUT2D eigenvalue weighted by Gasteiger charge is 2.15. The first kappa shape index (κ1) is 12.0. The molecule has 1 aromatic rings. The second-order valence-electron chi connectivity index (χ2n) is 3.04. The number of nitriles is 1. The Morgan fingerprint density at radius 3 is 3.00 bits per heavy atom. The maximum absolute atomic E-state index is 11.6. The molecule has 1 amide bonds. The van der Waals surface area contributed by atoms with Gasteiger partial charge in [-0.25, -0.2) is 0 Å². The lowest BCUT2D eigenvalue weighted by Gasteiger charge is -2.09. The summed E-state index contributed by atoms with van der Waals surface area (Å²) in [7, 11) is 0. The van der Waals surface area contributed by atoms with Gasteiger partial charge in [0.15, 0.2) is 0 Å². The van der Waals surface area contributed by atoms with Crippen molar-refractivity contribution in [3.8, 4) is 6.07 Å². The number of halogens is 1. The van der Waals surface area contributed by atoms with Gasteiger partial charge in [0.25, 0.3) is 5.91 Å². The minimum absolute atomic E-state index is 0.269. The van der Waals surface area contributed by atoms with Crippen molar-refractivity contribution >= 4 is 28.8 Å². The van der Waals surface area contributed by atoms with Gasteiger partial charge < -0.3 is 5.32 Å². The Hall–Kier alpha value is -1.05. The first-order chi connectivity index (χ1) is 7.19. The number of carbonyl (C=O) groups is 1. The molecule has 1 heterocycles. The number of hydrogen-bond acceptors (Lipinski definition) is 3. The highest BCUT2D eigenvalue weighted by Crippen LogP contribution is 2.21. The van der Waals surface area contributed by atoms with Gasteiger partial charge in [-0.3, -0.25) is 4.79 Å². The summed E-state index contributed by atoms with van der Waals surface area (Å²) in [6, 6.07) is 3.28. The van der Waals surface area contributed by atoms with Gasteiger partial charge in [0.1, 0.15) is 10.9 Å². The number of nitrogens with zero attached hydrogens (tertiary/aromatic N) is 1. The van der Waals surface area contributed by atoms with E-state index in [1.807, 2.05) is 13.0 Å². The Kier molecular flexibility index (Phi) is 4.60. The molecule has 1 N–H and O–H groups in total. The van der Waals surface area contributed by atoms with E-state index >= 15 is 0 Å². The maximum atomic E-state index is 11.6. The highest BCUT2D eigenvalue weighted by atomic mass is 35.5. The van der Waals surface area contributed by atoms with Crippen molar-refractivity contribution in [3.05, 3.63) is 21.3 Å². The second-order valence-corrected chi connectivity index (χ2v) is 4.36. The topological polar surface area (TPSA) is 52.9 Å². The largest absolute Gasteiger partial charge is 0.336 e. The Bertz CT molecular complexity index is 383. The lowest BCUT2D eigenvalue weighted by Crippen LogP contribution is -2.33. The average Bonchev–Trinajstić information content (AvgIpc) is 2.63. The Morgan fingerprint density at radius 2 is 2.53 bits per heavy atom. The van der Waals surface area contributed by atoms with Crippen molar-refractivity contribution in [2.24, 2.45) is 0 Å². The summed E-state index contributed by atoms with van der Waals surface area (Å²) in [5.74, 6) is -0.269. The van der Waals surface area contributed by atoms with Crippen LogP contribution >= 0.6 is 22.9 Å². The van der Waals surface area contributed by atoms with Crippen LogP contribution in [0.4, 0.5) is 0 Å². The summed E-state index contributed by atoms with van der Waals surface area (Å²) in [6.07, 6.45) is 1.52. The van der Waals surface area contributed by atoms with E-state index in [1.165, 1.54) is 11.3 Å². The van der Waals surface area contributed by atoms with Crippen LogP contribution in [0, 0.1) is 11.3 Å². The van der Waals surface area contributed by atoms with Gasteiger partial charge >= 0.3 is 0 Å². The van der Waals surface area contributed by atoms with E-state index in [2.05, 4.69) is 5.32 Å². The van der Waals surface area contributed by atoms with Crippen LogP contribution in [0.2, 0.25) is 5.02 Å². The molecule has 0 spiro atoms. The predicted molar refractivity (Wildman–Crippen MR) is 61.1 cm³/mol. The zero-order valence-electron chi connectivity index (χ0n) is 8.29. The minimum Gasteiger partial charge on any atom is -0.336 e. The molecule has 3 nitrogen and oxygen atoms in total. The first-order valence-electron chi connectivity index (χ1n) is 4.62. The molecule has 0 aliphatic carbocycles. The van der Waals surface area contributed by atoms with Crippen LogP contribution in [0.5, 0.6) is 0 Å². The van der Waals surface area contributed by atoms with Gasteiger partial charge in [0.2, 0.25) is 0 Å². The number of amides is 1. The van der Waals surface area contributed by atoms with E-state index in [9.17, 15) is 4.79 Å². The number of carbonyl (C=O) groups excluding carboxylic acids is 1. The Labute approximate surface area is 97.7 Å². The predicted octanol–water partition coefficient (Wildman–Crippen LogP) is 2.82. The summed E-state index contributed by atoms with van der Waals surface area (Å²) in [6.45, 7) is 1.97. The van der Waals surface area contributed by atoms with Gasteiger partial charge in [-0.2, -0.15) is 5.26 Å². The fourth-order valence-corrected chi connectivity index (χ4v) is 2.18.